The molecule has 0 unspecified atom stereocenters. The summed E-state index contributed by atoms with van der Waals surface area (Å²) >= 11 is 18.5. The van der Waals surface area contributed by atoms with E-state index in [1.807, 2.05) is 0 Å². The summed E-state index contributed by atoms with van der Waals surface area (Å²) in [6.45, 7) is 5.79. The Morgan fingerprint density at radius 2 is 1.48 bits per heavy atom. The molecule has 0 radical (unpaired) electrons. The fourth-order valence-electron chi connectivity index (χ4n) is 5.09. The number of hydrogen-bond acceptors (Lipinski definition) is 4. The van der Waals surface area contributed by atoms with Crippen LogP contribution in [0.2, 0.25) is 15.1 Å². The standard InChI is InChI=1S/C36H35Cl3F3N3O4S/c1-23-10-15-28(16-11-23)50(48,49)45(27-14-17-30(38)29(20-27)36(40,41)42)22-33(46)44(21-25-12-13-26(37)19-31(25)39)32(34(47)43-35(2,3)4)18-24-8-6-5-7-9-24/h5-17,19-20,32H,18,21-22H2,1-4H3,(H,43,47)/t32-/m0/s1. The van der Waals surface area contributed by atoms with Gasteiger partial charge in [-0.2, -0.15) is 13.2 Å². The molecule has 1 N–H and O–H groups in total. The summed E-state index contributed by atoms with van der Waals surface area (Å²) in [4.78, 5) is 29.5. The lowest BCUT2D eigenvalue weighted by atomic mass is 10.0. The number of carbonyl (C=O) groups excluding carboxylic acids is 2. The van der Waals surface area contributed by atoms with Gasteiger partial charge in [0.25, 0.3) is 10.0 Å². The fourth-order valence-corrected chi connectivity index (χ4v) is 7.19. The Balaban J connectivity index is 1.90. The molecule has 1 atom stereocenters. The van der Waals surface area contributed by atoms with Crippen LogP contribution in [0.4, 0.5) is 18.9 Å². The Morgan fingerprint density at radius 1 is 0.840 bits per heavy atom. The van der Waals surface area contributed by atoms with Gasteiger partial charge in [0.15, 0.2) is 0 Å². The zero-order chi connectivity index (χ0) is 37.0. The quantitative estimate of drug-likeness (QED) is 0.166. The maximum absolute atomic E-state index is 14.6. The Kier molecular flexibility index (Phi) is 12.2. The summed E-state index contributed by atoms with van der Waals surface area (Å²) in [7, 11) is -4.66. The number of benzene rings is 4. The molecule has 0 aliphatic heterocycles. The number of carbonyl (C=O) groups is 2. The molecule has 2 amide bonds. The molecule has 0 saturated heterocycles. The van der Waals surface area contributed by atoms with Crippen LogP contribution in [0.3, 0.4) is 0 Å². The van der Waals surface area contributed by atoms with Gasteiger partial charge in [-0.3, -0.25) is 13.9 Å². The van der Waals surface area contributed by atoms with E-state index in [1.54, 1.807) is 70.2 Å². The number of anilines is 1. The van der Waals surface area contributed by atoms with E-state index in [0.717, 1.165) is 17.7 Å². The first kappa shape index (κ1) is 39.0. The van der Waals surface area contributed by atoms with Gasteiger partial charge < -0.3 is 10.2 Å². The van der Waals surface area contributed by atoms with Gasteiger partial charge in [-0.25, -0.2) is 8.42 Å². The van der Waals surface area contributed by atoms with Crippen molar-refractivity contribution in [1.29, 1.82) is 0 Å². The highest BCUT2D eigenvalue weighted by atomic mass is 35.5. The van der Waals surface area contributed by atoms with Gasteiger partial charge in [-0.05, 0) is 81.3 Å². The number of hydrogen-bond donors (Lipinski definition) is 1. The second-order valence-corrected chi connectivity index (χ2v) is 15.8. The van der Waals surface area contributed by atoms with E-state index >= 15 is 0 Å². The third kappa shape index (κ3) is 9.93. The van der Waals surface area contributed by atoms with E-state index in [4.69, 9.17) is 34.8 Å². The van der Waals surface area contributed by atoms with Crippen LogP contribution in [0.15, 0.2) is 95.9 Å². The van der Waals surface area contributed by atoms with E-state index in [0.29, 0.717) is 26.5 Å². The third-order valence-corrected chi connectivity index (χ3v) is 10.3. The molecule has 0 spiro atoms. The molecule has 4 rings (SSSR count). The van der Waals surface area contributed by atoms with Gasteiger partial charge >= 0.3 is 6.18 Å². The molecular weight excluding hydrogens is 734 g/mol. The minimum Gasteiger partial charge on any atom is -0.350 e. The molecule has 0 bridgehead atoms. The summed E-state index contributed by atoms with van der Waals surface area (Å²) in [5, 5.41) is 2.75. The maximum atomic E-state index is 14.6. The van der Waals surface area contributed by atoms with Crippen molar-refractivity contribution in [3.63, 3.8) is 0 Å². The molecule has 4 aromatic rings. The largest absolute Gasteiger partial charge is 0.417 e. The highest BCUT2D eigenvalue weighted by molar-refractivity contribution is 7.92. The molecule has 50 heavy (non-hydrogen) atoms. The molecule has 14 heteroatoms. The number of nitrogens with one attached hydrogen (secondary N) is 1. The average molecular weight is 769 g/mol. The topological polar surface area (TPSA) is 86.8 Å². The molecule has 0 fully saturated rings. The van der Waals surface area contributed by atoms with Crippen molar-refractivity contribution >= 4 is 62.3 Å². The molecule has 0 aromatic heterocycles. The van der Waals surface area contributed by atoms with Gasteiger partial charge in [0.05, 0.1) is 21.2 Å². The van der Waals surface area contributed by atoms with Crippen LogP contribution < -0.4 is 9.62 Å². The summed E-state index contributed by atoms with van der Waals surface area (Å²) in [6.07, 6.45) is -4.91. The number of alkyl halides is 3. The molecular formula is C36H35Cl3F3N3O4S. The number of nitrogens with zero attached hydrogens (tertiary/aromatic N) is 2. The predicted octanol–water partition coefficient (Wildman–Crippen LogP) is 8.72. The molecule has 7 nitrogen and oxygen atoms in total. The molecule has 0 aliphatic rings. The van der Waals surface area contributed by atoms with E-state index < -0.39 is 62.4 Å². The predicted molar refractivity (Wildman–Crippen MR) is 191 cm³/mol. The Labute approximate surface area is 305 Å². The summed E-state index contributed by atoms with van der Waals surface area (Å²) < 4.78 is 71.0. The summed E-state index contributed by atoms with van der Waals surface area (Å²) in [6, 6.07) is 20.5. The lowest BCUT2D eigenvalue weighted by molar-refractivity contribution is -0.140. The van der Waals surface area contributed by atoms with Crippen LogP contribution in [-0.2, 0) is 38.8 Å². The average Bonchev–Trinajstić information content (AvgIpc) is 3.02. The minimum atomic E-state index is -4.93. The number of aryl methyl sites for hydroxylation is 1. The lowest BCUT2D eigenvalue weighted by Crippen LogP contribution is -2.56. The number of rotatable bonds is 11. The van der Waals surface area contributed by atoms with Crippen molar-refractivity contribution in [3.8, 4) is 0 Å². The number of amides is 2. The first-order valence-electron chi connectivity index (χ1n) is 15.3. The summed E-state index contributed by atoms with van der Waals surface area (Å²) in [5.74, 6) is -1.43. The Hall–Kier alpha value is -3.77. The third-order valence-electron chi connectivity index (χ3n) is 7.56. The highest BCUT2D eigenvalue weighted by Gasteiger charge is 2.38. The molecule has 266 valence electrons. The molecule has 0 aliphatic carbocycles. The van der Waals surface area contributed by atoms with Gasteiger partial charge in [0.1, 0.15) is 12.6 Å². The van der Waals surface area contributed by atoms with Gasteiger partial charge in [0.2, 0.25) is 11.8 Å². The fraction of sp³-hybridized carbons (Fsp3) is 0.278. The zero-order valence-electron chi connectivity index (χ0n) is 27.6. The SMILES string of the molecule is Cc1ccc(S(=O)(=O)N(CC(=O)N(Cc2ccc(Cl)cc2Cl)[C@@H](Cc2ccccc2)C(=O)NC(C)(C)C)c2ccc(Cl)c(C(F)(F)F)c2)cc1. The molecule has 4 aromatic carbocycles. The molecule has 0 saturated carbocycles. The van der Waals surface area contributed by atoms with Crippen molar-refractivity contribution in [1.82, 2.24) is 10.2 Å². The van der Waals surface area contributed by atoms with Crippen molar-refractivity contribution in [2.75, 3.05) is 10.8 Å². The molecule has 0 heterocycles. The van der Waals surface area contributed by atoms with Gasteiger partial charge in [-0.1, -0.05) is 88.9 Å². The van der Waals surface area contributed by atoms with Crippen LogP contribution in [0.5, 0.6) is 0 Å². The van der Waals surface area contributed by atoms with E-state index in [2.05, 4.69) is 5.32 Å². The highest BCUT2D eigenvalue weighted by Crippen LogP contribution is 2.38. The van der Waals surface area contributed by atoms with Crippen molar-refractivity contribution in [2.24, 2.45) is 0 Å². The maximum Gasteiger partial charge on any atom is 0.417 e. The Morgan fingerprint density at radius 3 is 2.06 bits per heavy atom. The monoisotopic (exact) mass is 767 g/mol. The van der Waals surface area contributed by atoms with E-state index in [9.17, 15) is 31.2 Å². The normalized spacial score (nSPS) is 12.7. The second-order valence-electron chi connectivity index (χ2n) is 12.7. The second kappa shape index (κ2) is 15.6. The first-order valence-corrected chi connectivity index (χ1v) is 17.9. The first-order chi connectivity index (χ1) is 23.3. The smallest absolute Gasteiger partial charge is 0.350 e. The van der Waals surface area contributed by atoms with Crippen LogP contribution in [0, 0.1) is 6.92 Å². The van der Waals surface area contributed by atoms with E-state index in [-0.39, 0.29) is 22.9 Å². The van der Waals surface area contributed by atoms with Crippen LogP contribution in [0.1, 0.15) is 43.0 Å². The number of halogens is 6. The summed E-state index contributed by atoms with van der Waals surface area (Å²) in [5.41, 5.74) is -0.653. The van der Waals surface area contributed by atoms with Crippen LogP contribution in [-0.4, -0.2) is 43.3 Å². The van der Waals surface area contributed by atoms with Crippen molar-refractivity contribution in [3.05, 3.63) is 128 Å². The van der Waals surface area contributed by atoms with Crippen molar-refractivity contribution in [2.45, 2.75) is 63.3 Å². The van der Waals surface area contributed by atoms with Crippen molar-refractivity contribution < 1.29 is 31.2 Å². The van der Waals surface area contributed by atoms with Gasteiger partial charge in [0, 0.05) is 28.5 Å². The van der Waals surface area contributed by atoms with Crippen LogP contribution >= 0.6 is 34.8 Å². The lowest BCUT2D eigenvalue weighted by Gasteiger charge is -2.35. The zero-order valence-corrected chi connectivity index (χ0v) is 30.6. The minimum absolute atomic E-state index is 0.0174. The van der Waals surface area contributed by atoms with E-state index in [1.165, 1.54) is 35.2 Å². The number of sulfonamides is 1. The Bertz CT molecular complexity index is 1950. The van der Waals surface area contributed by atoms with Crippen LogP contribution in [0.25, 0.3) is 0 Å². The van der Waals surface area contributed by atoms with Gasteiger partial charge in [-0.15, -0.1) is 0 Å².